The van der Waals surface area contributed by atoms with Gasteiger partial charge in [0.25, 0.3) is 0 Å². The van der Waals surface area contributed by atoms with Gasteiger partial charge in [0.15, 0.2) is 6.61 Å². The van der Waals surface area contributed by atoms with Crippen LogP contribution in [0.2, 0.25) is 0 Å². The van der Waals surface area contributed by atoms with Gasteiger partial charge in [-0.1, -0.05) is 42.0 Å². The van der Waals surface area contributed by atoms with E-state index in [2.05, 4.69) is 0 Å². The molecule has 0 heterocycles. The second-order valence-corrected chi connectivity index (χ2v) is 4.54. The maximum Gasteiger partial charge on any atom is 0.344 e. The van der Waals surface area contributed by atoms with Crippen LogP contribution in [0.3, 0.4) is 0 Å². The van der Waals surface area contributed by atoms with Crippen molar-refractivity contribution in [2.45, 2.75) is 13.5 Å². The molecule has 0 aliphatic rings. The molecule has 0 saturated heterocycles. The van der Waals surface area contributed by atoms with Crippen LogP contribution < -0.4 is 4.74 Å². The smallest absolute Gasteiger partial charge is 0.344 e. The van der Waals surface area contributed by atoms with Crippen LogP contribution in [-0.2, 0) is 16.1 Å². The normalized spacial score (nSPS) is 9.71. The summed E-state index contributed by atoms with van der Waals surface area (Å²) >= 11 is 0. The zero-order chi connectivity index (χ0) is 15.1. The van der Waals surface area contributed by atoms with Crippen LogP contribution in [-0.4, -0.2) is 12.6 Å². The zero-order valence-corrected chi connectivity index (χ0v) is 11.7. The zero-order valence-electron chi connectivity index (χ0n) is 11.7. The van der Waals surface area contributed by atoms with Crippen LogP contribution in [0, 0.1) is 18.3 Å². The van der Waals surface area contributed by atoms with E-state index in [4.69, 9.17) is 14.7 Å². The van der Waals surface area contributed by atoms with Crippen molar-refractivity contribution in [1.82, 2.24) is 0 Å². The Morgan fingerprint density at radius 2 is 1.86 bits per heavy atom. The molecular formula is C17H15NO3. The quantitative estimate of drug-likeness (QED) is 0.790. The number of hydrogen-bond donors (Lipinski definition) is 0. The maximum absolute atomic E-state index is 11.6. The first kappa shape index (κ1) is 14.6. The highest BCUT2D eigenvalue weighted by Gasteiger charge is 2.07. The third-order valence-electron chi connectivity index (χ3n) is 2.87. The number of aryl methyl sites for hydroxylation is 1. The molecule has 0 atom stereocenters. The van der Waals surface area contributed by atoms with E-state index in [1.807, 2.05) is 37.3 Å². The molecule has 0 aliphatic carbocycles. The Morgan fingerprint density at radius 1 is 1.14 bits per heavy atom. The first-order valence-electron chi connectivity index (χ1n) is 6.52. The van der Waals surface area contributed by atoms with Gasteiger partial charge in [-0.25, -0.2) is 4.79 Å². The number of para-hydroxylation sites is 1. The van der Waals surface area contributed by atoms with Crippen molar-refractivity contribution >= 4 is 5.97 Å². The molecular weight excluding hydrogens is 266 g/mol. The fourth-order valence-electron chi connectivity index (χ4n) is 1.71. The van der Waals surface area contributed by atoms with Gasteiger partial charge in [-0.3, -0.25) is 0 Å². The van der Waals surface area contributed by atoms with Gasteiger partial charge in [-0.05, 0) is 24.6 Å². The number of carbonyl (C=O) groups excluding carboxylic acids is 1. The second-order valence-electron chi connectivity index (χ2n) is 4.54. The Kier molecular flexibility index (Phi) is 4.94. The monoisotopic (exact) mass is 281 g/mol. The van der Waals surface area contributed by atoms with Gasteiger partial charge in [0, 0.05) is 0 Å². The predicted octanol–water partition coefficient (Wildman–Crippen LogP) is 2.99. The molecule has 2 aromatic rings. The van der Waals surface area contributed by atoms with Crippen molar-refractivity contribution in [3.8, 4) is 11.8 Å². The Hall–Kier alpha value is -2.80. The number of carbonyl (C=O) groups is 1. The molecule has 0 fully saturated rings. The summed E-state index contributed by atoms with van der Waals surface area (Å²) in [5.41, 5.74) is 2.47. The van der Waals surface area contributed by atoms with Crippen LogP contribution in [0.25, 0.3) is 0 Å². The molecule has 2 aromatic carbocycles. The number of ether oxygens (including phenoxy) is 2. The first-order chi connectivity index (χ1) is 10.2. The molecule has 4 nitrogen and oxygen atoms in total. The van der Waals surface area contributed by atoms with Gasteiger partial charge >= 0.3 is 5.97 Å². The summed E-state index contributed by atoms with van der Waals surface area (Å²) < 4.78 is 10.4. The third kappa shape index (κ3) is 4.36. The number of rotatable bonds is 5. The summed E-state index contributed by atoms with van der Waals surface area (Å²) in [6, 6.07) is 16.5. The fourth-order valence-corrected chi connectivity index (χ4v) is 1.71. The van der Waals surface area contributed by atoms with E-state index in [-0.39, 0.29) is 13.2 Å². The highest BCUT2D eigenvalue weighted by Crippen LogP contribution is 2.16. The van der Waals surface area contributed by atoms with Crippen LogP contribution in [0.15, 0.2) is 48.5 Å². The van der Waals surface area contributed by atoms with E-state index in [0.29, 0.717) is 11.3 Å². The van der Waals surface area contributed by atoms with Gasteiger partial charge in [0.05, 0.1) is 5.56 Å². The highest BCUT2D eigenvalue weighted by atomic mass is 16.6. The molecule has 21 heavy (non-hydrogen) atoms. The van der Waals surface area contributed by atoms with Crippen molar-refractivity contribution < 1.29 is 14.3 Å². The summed E-state index contributed by atoms with van der Waals surface area (Å²) in [5, 5.41) is 8.91. The van der Waals surface area contributed by atoms with Gasteiger partial charge < -0.3 is 9.47 Å². The number of nitriles is 1. The standard InChI is InChI=1S/C17H15NO3/c1-13-6-8-14(9-7-13)11-21-17(19)12-20-16-5-3-2-4-15(16)10-18/h2-9H,11-12H2,1H3. The minimum Gasteiger partial charge on any atom is -0.481 e. The Balaban J connectivity index is 1.82. The van der Waals surface area contributed by atoms with Gasteiger partial charge in [-0.2, -0.15) is 5.26 Å². The maximum atomic E-state index is 11.6. The fraction of sp³-hybridized carbons (Fsp3) is 0.176. The molecule has 0 radical (unpaired) electrons. The van der Waals surface area contributed by atoms with E-state index in [1.54, 1.807) is 24.3 Å². The first-order valence-corrected chi connectivity index (χ1v) is 6.52. The van der Waals surface area contributed by atoms with E-state index >= 15 is 0 Å². The highest BCUT2D eigenvalue weighted by molar-refractivity contribution is 5.71. The lowest BCUT2D eigenvalue weighted by Crippen LogP contribution is -2.15. The average Bonchev–Trinajstić information content (AvgIpc) is 2.52. The van der Waals surface area contributed by atoms with E-state index < -0.39 is 5.97 Å². The second kappa shape index (κ2) is 7.11. The molecule has 0 aromatic heterocycles. The van der Waals surface area contributed by atoms with Crippen LogP contribution in [0.5, 0.6) is 5.75 Å². The lowest BCUT2D eigenvalue weighted by molar-refractivity contribution is -0.147. The average molecular weight is 281 g/mol. The minimum atomic E-state index is -0.469. The third-order valence-corrected chi connectivity index (χ3v) is 2.87. The van der Waals surface area contributed by atoms with Gasteiger partial charge in [0.2, 0.25) is 0 Å². The molecule has 0 unspecified atom stereocenters. The van der Waals surface area contributed by atoms with Gasteiger partial charge in [0.1, 0.15) is 18.4 Å². The Labute approximate surface area is 123 Å². The molecule has 0 amide bonds. The number of benzene rings is 2. The molecule has 0 saturated carbocycles. The molecule has 0 aliphatic heterocycles. The van der Waals surface area contributed by atoms with E-state index in [0.717, 1.165) is 11.1 Å². The van der Waals surface area contributed by atoms with E-state index in [9.17, 15) is 4.79 Å². The summed E-state index contributed by atoms with van der Waals surface area (Å²) in [4.78, 5) is 11.6. The van der Waals surface area contributed by atoms with Crippen molar-refractivity contribution in [2.75, 3.05) is 6.61 Å². The molecule has 2 rings (SSSR count). The number of esters is 1. The summed E-state index contributed by atoms with van der Waals surface area (Å²) in [6.07, 6.45) is 0. The minimum absolute atomic E-state index is 0.211. The molecule has 4 heteroatoms. The van der Waals surface area contributed by atoms with E-state index in [1.165, 1.54) is 0 Å². The van der Waals surface area contributed by atoms with Crippen LogP contribution in [0.1, 0.15) is 16.7 Å². The number of nitrogens with zero attached hydrogens (tertiary/aromatic N) is 1. The summed E-state index contributed by atoms with van der Waals surface area (Å²) in [5.74, 6) is -0.0874. The van der Waals surface area contributed by atoms with Crippen LogP contribution in [0.4, 0.5) is 0 Å². The lowest BCUT2D eigenvalue weighted by atomic mass is 10.2. The van der Waals surface area contributed by atoms with Crippen molar-refractivity contribution in [2.24, 2.45) is 0 Å². The molecule has 0 bridgehead atoms. The topological polar surface area (TPSA) is 59.3 Å². The molecule has 0 N–H and O–H groups in total. The summed E-state index contributed by atoms with van der Waals surface area (Å²) in [7, 11) is 0. The summed E-state index contributed by atoms with van der Waals surface area (Å²) in [6.45, 7) is 1.99. The van der Waals surface area contributed by atoms with Crippen molar-refractivity contribution in [3.63, 3.8) is 0 Å². The Morgan fingerprint density at radius 3 is 2.57 bits per heavy atom. The van der Waals surface area contributed by atoms with Crippen LogP contribution >= 0.6 is 0 Å². The number of hydrogen-bond acceptors (Lipinski definition) is 4. The Bertz CT molecular complexity index is 656. The predicted molar refractivity (Wildman–Crippen MR) is 77.6 cm³/mol. The molecule has 106 valence electrons. The largest absolute Gasteiger partial charge is 0.481 e. The molecule has 0 spiro atoms. The SMILES string of the molecule is Cc1ccc(COC(=O)COc2ccccc2C#N)cc1. The van der Waals surface area contributed by atoms with Crippen molar-refractivity contribution in [1.29, 1.82) is 5.26 Å². The van der Waals surface area contributed by atoms with Crippen molar-refractivity contribution in [3.05, 3.63) is 65.2 Å². The van der Waals surface area contributed by atoms with Gasteiger partial charge in [-0.15, -0.1) is 0 Å². The lowest BCUT2D eigenvalue weighted by Gasteiger charge is -2.08.